The van der Waals surface area contributed by atoms with Gasteiger partial charge in [-0.05, 0) is 30.7 Å². The minimum absolute atomic E-state index is 0.0931. The Kier molecular flexibility index (Phi) is 6.38. The van der Waals surface area contributed by atoms with Crippen LogP contribution < -0.4 is 21.1 Å². The van der Waals surface area contributed by atoms with Gasteiger partial charge in [0.25, 0.3) is 0 Å². The predicted molar refractivity (Wildman–Crippen MR) is 72.9 cm³/mol. The Bertz CT molecular complexity index is 418. The van der Waals surface area contributed by atoms with Crippen LogP contribution in [0.15, 0.2) is 24.3 Å². The van der Waals surface area contributed by atoms with Gasteiger partial charge in [0.15, 0.2) is 0 Å². The largest absolute Gasteiger partial charge is 0.494 e. The predicted octanol–water partition coefficient (Wildman–Crippen LogP) is 0.489. The first-order valence-corrected chi connectivity index (χ1v) is 6.15. The smallest absolute Gasteiger partial charge is 0.243 e. The third kappa shape index (κ3) is 5.87. The molecule has 104 valence electrons. The summed E-state index contributed by atoms with van der Waals surface area (Å²) in [6.45, 7) is 2.47. The lowest BCUT2D eigenvalue weighted by atomic mass is 10.3. The van der Waals surface area contributed by atoms with Crippen molar-refractivity contribution in [2.75, 3.05) is 25.0 Å². The molecule has 0 aromatic heterocycles. The molecule has 1 aromatic rings. The molecule has 1 aromatic carbocycles. The molecular formula is C13H19N3O3. The number of ether oxygens (including phenoxy) is 1. The number of nitrogens with one attached hydrogen (secondary N) is 2. The molecule has 0 fully saturated rings. The van der Waals surface area contributed by atoms with E-state index in [-0.39, 0.29) is 24.9 Å². The summed E-state index contributed by atoms with van der Waals surface area (Å²) in [5.74, 6) is 0.0961. The molecule has 0 aliphatic rings. The van der Waals surface area contributed by atoms with Crippen molar-refractivity contribution in [2.24, 2.45) is 5.73 Å². The van der Waals surface area contributed by atoms with Gasteiger partial charge < -0.3 is 21.1 Å². The summed E-state index contributed by atoms with van der Waals surface area (Å²) in [4.78, 5) is 22.4. The van der Waals surface area contributed by atoms with Crippen molar-refractivity contribution in [1.29, 1.82) is 0 Å². The maximum absolute atomic E-state index is 11.5. The SMILES string of the molecule is CCCOc1ccc(NC(=O)CNC(=O)CN)cc1. The Morgan fingerprint density at radius 3 is 2.47 bits per heavy atom. The van der Waals surface area contributed by atoms with E-state index < -0.39 is 0 Å². The number of hydrogen-bond acceptors (Lipinski definition) is 4. The molecule has 2 amide bonds. The molecule has 0 radical (unpaired) electrons. The van der Waals surface area contributed by atoms with Crippen LogP contribution in [0.4, 0.5) is 5.69 Å². The third-order valence-electron chi connectivity index (χ3n) is 2.24. The van der Waals surface area contributed by atoms with Crippen LogP contribution in [0, 0.1) is 0 Å². The zero-order valence-electron chi connectivity index (χ0n) is 10.9. The van der Waals surface area contributed by atoms with E-state index in [2.05, 4.69) is 10.6 Å². The van der Waals surface area contributed by atoms with Crippen LogP contribution in [0.1, 0.15) is 13.3 Å². The van der Waals surface area contributed by atoms with Crippen LogP contribution in [0.2, 0.25) is 0 Å². The van der Waals surface area contributed by atoms with E-state index in [0.717, 1.165) is 12.2 Å². The number of amides is 2. The number of rotatable bonds is 7. The van der Waals surface area contributed by atoms with Gasteiger partial charge in [-0.15, -0.1) is 0 Å². The van der Waals surface area contributed by atoms with Crippen molar-refractivity contribution < 1.29 is 14.3 Å². The van der Waals surface area contributed by atoms with Gasteiger partial charge in [-0.1, -0.05) is 6.92 Å². The van der Waals surface area contributed by atoms with Crippen LogP contribution in [0.5, 0.6) is 5.75 Å². The average molecular weight is 265 g/mol. The van der Waals surface area contributed by atoms with Crippen molar-refractivity contribution in [3.05, 3.63) is 24.3 Å². The summed E-state index contributed by atoms with van der Waals surface area (Å²) in [5.41, 5.74) is 5.76. The number of anilines is 1. The van der Waals surface area contributed by atoms with E-state index in [4.69, 9.17) is 10.5 Å². The van der Waals surface area contributed by atoms with Gasteiger partial charge >= 0.3 is 0 Å². The van der Waals surface area contributed by atoms with E-state index >= 15 is 0 Å². The van der Waals surface area contributed by atoms with Crippen molar-refractivity contribution >= 4 is 17.5 Å². The molecule has 0 atom stereocenters. The quantitative estimate of drug-likeness (QED) is 0.669. The topological polar surface area (TPSA) is 93.5 Å². The third-order valence-corrected chi connectivity index (χ3v) is 2.24. The lowest BCUT2D eigenvalue weighted by Crippen LogP contribution is -2.36. The van der Waals surface area contributed by atoms with E-state index in [0.29, 0.717) is 12.3 Å². The average Bonchev–Trinajstić information content (AvgIpc) is 2.44. The second-order valence-corrected chi connectivity index (χ2v) is 3.90. The van der Waals surface area contributed by atoms with Gasteiger partial charge in [-0.2, -0.15) is 0 Å². The Morgan fingerprint density at radius 2 is 1.89 bits per heavy atom. The summed E-state index contributed by atoms with van der Waals surface area (Å²) in [6, 6.07) is 7.05. The van der Waals surface area contributed by atoms with Gasteiger partial charge in [0.1, 0.15) is 5.75 Å². The lowest BCUT2D eigenvalue weighted by Gasteiger charge is -2.08. The molecule has 4 N–H and O–H groups in total. The maximum atomic E-state index is 11.5. The molecule has 6 nitrogen and oxygen atoms in total. The first kappa shape index (κ1) is 15.0. The van der Waals surface area contributed by atoms with Gasteiger partial charge in [0.05, 0.1) is 19.7 Å². The lowest BCUT2D eigenvalue weighted by molar-refractivity contribution is -0.123. The molecule has 19 heavy (non-hydrogen) atoms. The Morgan fingerprint density at radius 1 is 1.21 bits per heavy atom. The highest BCUT2D eigenvalue weighted by atomic mass is 16.5. The van der Waals surface area contributed by atoms with E-state index in [1.165, 1.54) is 0 Å². The Labute approximate surface area is 112 Å². The van der Waals surface area contributed by atoms with E-state index in [1.54, 1.807) is 24.3 Å². The summed E-state index contributed by atoms with van der Waals surface area (Å²) in [7, 11) is 0. The van der Waals surface area contributed by atoms with Gasteiger partial charge in [-0.3, -0.25) is 9.59 Å². The van der Waals surface area contributed by atoms with E-state index in [9.17, 15) is 9.59 Å². The zero-order chi connectivity index (χ0) is 14.1. The van der Waals surface area contributed by atoms with Gasteiger partial charge in [0.2, 0.25) is 11.8 Å². The molecule has 0 unspecified atom stereocenters. The standard InChI is InChI=1S/C13H19N3O3/c1-2-7-19-11-5-3-10(4-6-11)16-13(18)9-15-12(17)8-14/h3-6H,2,7-9,14H2,1H3,(H,15,17)(H,16,18). The second-order valence-electron chi connectivity index (χ2n) is 3.90. The van der Waals surface area contributed by atoms with Crippen LogP contribution >= 0.6 is 0 Å². The highest BCUT2D eigenvalue weighted by Crippen LogP contribution is 2.15. The minimum Gasteiger partial charge on any atom is -0.494 e. The van der Waals surface area contributed by atoms with Crippen molar-refractivity contribution in [1.82, 2.24) is 5.32 Å². The monoisotopic (exact) mass is 265 g/mol. The second kappa shape index (κ2) is 8.10. The van der Waals surface area contributed by atoms with E-state index in [1.807, 2.05) is 6.92 Å². The van der Waals surface area contributed by atoms with Crippen LogP contribution in [-0.4, -0.2) is 31.5 Å². The molecule has 1 rings (SSSR count). The highest BCUT2D eigenvalue weighted by Gasteiger charge is 2.04. The first-order valence-electron chi connectivity index (χ1n) is 6.15. The maximum Gasteiger partial charge on any atom is 0.243 e. The minimum atomic E-state index is -0.363. The van der Waals surface area contributed by atoms with Crippen molar-refractivity contribution in [3.8, 4) is 5.75 Å². The molecule has 0 spiro atoms. The molecule has 0 aliphatic carbocycles. The summed E-state index contributed by atoms with van der Waals surface area (Å²) in [6.07, 6.45) is 0.944. The van der Waals surface area contributed by atoms with Crippen molar-refractivity contribution in [2.45, 2.75) is 13.3 Å². The molecule has 0 aliphatic heterocycles. The Hall–Kier alpha value is -2.08. The first-order chi connectivity index (χ1) is 9.15. The number of nitrogens with two attached hydrogens (primary N) is 1. The molecule has 0 saturated heterocycles. The van der Waals surface area contributed by atoms with Crippen LogP contribution in [0.25, 0.3) is 0 Å². The molecular weight excluding hydrogens is 246 g/mol. The zero-order valence-corrected chi connectivity index (χ0v) is 10.9. The molecule has 0 bridgehead atoms. The van der Waals surface area contributed by atoms with Gasteiger partial charge in [-0.25, -0.2) is 0 Å². The Balaban J connectivity index is 2.40. The fourth-order valence-corrected chi connectivity index (χ4v) is 1.31. The van der Waals surface area contributed by atoms with Gasteiger partial charge in [0, 0.05) is 5.69 Å². The summed E-state index contributed by atoms with van der Waals surface area (Å²) < 4.78 is 5.43. The number of hydrogen-bond donors (Lipinski definition) is 3. The number of carbonyl (C=O) groups is 2. The van der Waals surface area contributed by atoms with Crippen molar-refractivity contribution in [3.63, 3.8) is 0 Å². The van der Waals surface area contributed by atoms with Crippen LogP contribution in [0.3, 0.4) is 0 Å². The van der Waals surface area contributed by atoms with Crippen LogP contribution in [-0.2, 0) is 9.59 Å². The summed E-state index contributed by atoms with van der Waals surface area (Å²) in [5, 5.41) is 5.05. The number of carbonyl (C=O) groups excluding carboxylic acids is 2. The summed E-state index contributed by atoms with van der Waals surface area (Å²) >= 11 is 0. The fourth-order valence-electron chi connectivity index (χ4n) is 1.31. The normalized spacial score (nSPS) is 9.79. The highest BCUT2D eigenvalue weighted by molar-refractivity contribution is 5.94. The number of benzene rings is 1. The molecule has 0 heterocycles. The molecule has 6 heteroatoms. The molecule has 0 saturated carbocycles. The fraction of sp³-hybridized carbons (Fsp3) is 0.385.